The largest absolute Gasteiger partial charge is 0.356 e. The minimum absolute atomic E-state index is 0.0438. The Hall–Kier alpha value is -0.620. The van der Waals surface area contributed by atoms with Crippen LogP contribution in [-0.4, -0.2) is 33.7 Å². The first kappa shape index (κ1) is 21.4. The van der Waals surface area contributed by atoms with Gasteiger partial charge in [0.25, 0.3) is 10.1 Å². The van der Waals surface area contributed by atoms with Crippen LogP contribution in [0.4, 0.5) is 0 Å². The van der Waals surface area contributed by atoms with Crippen LogP contribution in [0.15, 0.2) is 0 Å². The average Bonchev–Trinajstić information content (AvgIpc) is 2.44. The molecule has 0 bridgehead atoms. The molecule has 0 aliphatic rings. The first-order chi connectivity index (χ1) is 10.5. The SMILES string of the molecule is CCCCCCCCCCCC(=O)NCCCOS(C)(=O)=O. The minimum atomic E-state index is -3.37. The van der Waals surface area contributed by atoms with E-state index in [9.17, 15) is 13.2 Å². The highest BCUT2D eigenvalue weighted by atomic mass is 32.2. The third-order valence-corrected chi connectivity index (χ3v) is 4.04. The summed E-state index contributed by atoms with van der Waals surface area (Å²) in [5, 5.41) is 2.78. The molecule has 0 aromatic heterocycles. The van der Waals surface area contributed by atoms with Crippen molar-refractivity contribution in [3.05, 3.63) is 0 Å². The predicted octanol–water partition coefficient (Wildman–Crippen LogP) is 3.39. The van der Waals surface area contributed by atoms with Crippen molar-refractivity contribution in [1.82, 2.24) is 5.32 Å². The van der Waals surface area contributed by atoms with E-state index in [0.29, 0.717) is 19.4 Å². The van der Waals surface area contributed by atoms with Crippen LogP contribution in [0, 0.1) is 0 Å². The van der Waals surface area contributed by atoms with Crippen molar-refractivity contribution in [2.24, 2.45) is 0 Å². The average molecular weight is 336 g/mol. The van der Waals surface area contributed by atoms with E-state index in [0.717, 1.165) is 19.1 Å². The lowest BCUT2D eigenvalue weighted by molar-refractivity contribution is -0.121. The lowest BCUT2D eigenvalue weighted by Gasteiger charge is -2.05. The molecule has 0 aliphatic heterocycles. The third kappa shape index (κ3) is 17.4. The summed E-state index contributed by atoms with van der Waals surface area (Å²) >= 11 is 0. The van der Waals surface area contributed by atoms with Gasteiger partial charge in [0.1, 0.15) is 0 Å². The lowest BCUT2D eigenvalue weighted by atomic mass is 10.1. The molecule has 0 fully saturated rings. The van der Waals surface area contributed by atoms with Crippen molar-refractivity contribution >= 4 is 16.0 Å². The molecule has 0 aromatic rings. The van der Waals surface area contributed by atoms with Crippen molar-refractivity contribution in [3.8, 4) is 0 Å². The summed E-state index contributed by atoms with van der Waals surface area (Å²) in [6, 6.07) is 0. The maximum absolute atomic E-state index is 11.5. The van der Waals surface area contributed by atoms with Crippen LogP contribution in [0.3, 0.4) is 0 Å². The number of rotatable bonds is 15. The number of hydrogen-bond acceptors (Lipinski definition) is 4. The topological polar surface area (TPSA) is 72.5 Å². The van der Waals surface area contributed by atoms with Gasteiger partial charge in [0.15, 0.2) is 0 Å². The van der Waals surface area contributed by atoms with Crippen LogP contribution in [0.2, 0.25) is 0 Å². The smallest absolute Gasteiger partial charge is 0.264 e. The molecule has 132 valence electrons. The number of carbonyl (C=O) groups is 1. The Balaban J connectivity index is 3.26. The van der Waals surface area contributed by atoms with Crippen LogP contribution < -0.4 is 5.32 Å². The molecular formula is C16H33NO4S. The van der Waals surface area contributed by atoms with Crippen molar-refractivity contribution < 1.29 is 17.4 Å². The second-order valence-electron chi connectivity index (χ2n) is 5.81. The van der Waals surface area contributed by atoms with Crippen molar-refractivity contribution in [3.63, 3.8) is 0 Å². The maximum atomic E-state index is 11.5. The molecule has 5 nitrogen and oxygen atoms in total. The zero-order chi connectivity index (χ0) is 16.7. The van der Waals surface area contributed by atoms with Gasteiger partial charge < -0.3 is 5.32 Å². The maximum Gasteiger partial charge on any atom is 0.264 e. The first-order valence-electron chi connectivity index (χ1n) is 8.57. The summed E-state index contributed by atoms with van der Waals surface area (Å²) in [5.74, 6) is 0.0438. The van der Waals surface area contributed by atoms with E-state index in [1.54, 1.807) is 0 Å². The standard InChI is InChI=1S/C16H33NO4S/c1-3-4-5-6-7-8-9-10-11-13-16(18)17-14-12-15-21-22(2,19)20/h3-15H2,1-2H3,(H,17,18). The van der Waals surface area contributed by atoms with E-state index in [4.69, 9.17) is 0 Å². The Morgan fingerprint density at radius 3 is 2.00 bits per heavy atom. The Labute approximate surface area is 136 Å². The van der Waals surface area contributed by atoms with E-state index in [-0.39, 0.29) is 12.5 Å². The highest BCUT2D eigenvalue weighted by Crippen LogP contribution is 2.10. The molecule has 0 aromatic carbocycles. The quantitative estimate of drug-likeness (QED) is 0.368. The van der Waals surface area contributed by atoms with Crippen molar-refractivity contribution in [2.75, 3.05) is 19.4 Å². The van der Waals surface area contributed by atoms with Gasteiger partial charge in [0.05, 0.1) is 12.9 Å². The molecule has 0 saturated heterocycles. The molecule has 6 heteroatoms. The summed E-state index contributed by atoms with van der Waals surface area (Å²) in [4.78, 5) is 11.5. The van der Waals surface area contributed by atoms with Gasteiger partial charge in [-0.1, -0.05) is 58.3 Å². The molecule has 0 atom stereocenters. The van der Waals surface area contributed by atoms with Gasteiger partial charge in [-0.15, -0.1) is 0 Å². The molecule has 0 heterocycles. The first-order valence-corrected chi connectivity index (χ1v) is 10.4. The Morgan fingerprint density at radius 2 is 1.45 bits per heavy atom. The van der Waals surface area contributed by atoms with Gasteiger partial charge >= 0.3 is 0 Å². The van der Waals surface area contributed by atoms with Gasteiger partial charge in [-0.2, -0.15) is 8.42 Å². The van der Waals surface area contributed by atoms with E-state index < -0.39 is 10.1 Å². The van der Waals surface area contributed by atoms with Gasteiger partial charge in [0.2, 0.25) is 5.91 Å². The normalized spacial score (nSPS) is 11.5. The summed E-state index contributed by atoms with van der Waals surface area (Å²) in [5.41, 5.74) is 0. The summed E-state index contributed by atoms with van der Waals surface area (Å²) in [7, 11) is -3.37. The molecule has 0 saturated carbocycles. The number of unbranched alkanes of at least 4 members (excludes halogenated alkanes) is 8. The monoisotopic (exact) mass is 335 g/mol. The second-order valence-corrected chi connectivity index (χ2v) is 7.45. The molecule has 22 heavy (non-hydrogen) atoms. The highest BCUT2D eigenvalue weighted by molar-refractivity contribution is 7.85. The number of hydrogen-bond donors (Lipinski definition) is 1. The van der Waals surface area contributed by atoms with Gasteiger partial charge in [-0.3, -0.25) is 8.98 Å². The van der Waals surface area contributed by atoms with Gasteiger partial charge in [-0.25, -0.2) is 0 Å². The van der Waals surface area contributed by atoms with Gasteiger partial charge in [0, 0.05) is 13.0 Å². The minimum Gasteiger partial charge on any atom is -0.356 e. The summed E-state index contributed by atoms with van der Waals surface area (Å²) in [6.07, 6.45) is 13.2. The van der Waals surface area contributed by atoms with Crippen molar-refractivity contribution in [2.45, 2.75) is 77.6 Å². The van der Waals surface area contributed by atoms with Crippen LogP contribution in [0.5, 0.6) is 0 Å². The van der Waals surface area contributed by atoms with Crippen LogP contribution in [0.25, 0.3) is 0 Å². The molecule has 0 unspecified atom stereocenters. The number of nitrogens with one attached hydrogen (secondary N) is 1. The Bertz CT molecular complexity index is 368. The Kier molecular flexibility index (Phi) is 13.6. The van der Waals surface area contributed by atoms with E-state index in [1.807, 2.05) is 0 Å². The molecule has 0 aliphatic carbocycles. The summed E-state index contributed by atoms with van der Waals surface area (Å²) < 4.78 is 26.0. The second kappa shape index (κ2) is 14.0. The fourth-order valence-corrected chi connectivity index (χ4v) is 2.62. The molecule has 0 spiro atoms. The number of amides is 1. The van der Waals surface area contributed by atoms with E-state index >= 15 is 0 Å². The zero-order valence-electron chi connectivity index (χ0n) is 14.2. The van der Waals surface area contributed by atoms with E-state index in [2.05, 4.69) is 16.4 Å². The lowest BCUT2D eigenvalue weighted by Crippen LogP contribution is -2.25. The fraction of sp³-hybridized carbons (Fsp3) is 0.938. The van der Waals surface area contributed by atoms with Crippen molar-refractivity contribution in [1.29, 1.82) is 0 Å². The summed E-state index contributed by atoms with van der Waals surface area (Å²) in [6.45, 7) is 2.81. The van der Waals surface area contributed by atoms with Crippen LogP contribution >= 0.6 is 0 Å². The molecule has 0 radical (unpaired) electrons. The molecule has 1 amide bonds. The van der Waals surface area contributed by atoms with Crippen LogP contribution in [-0.2, 0) is 19.1 Å². The van der Waals surface area contributed by atoms with Crippen LogP contribution in [0.1, 0.15) is 77.6 Å². The molecule has 1 N–H and O–H groups in total. The number of carbonyl (C=O) groups excluding carboxylic acids is 1. The predicted molar refractivity (Wildman–Crippen MR) is 90.3 cm³/mol. The Morgan fingerprint density at radius 1 is 0.909 bits per heavy atom. The molecular weight excluding hydrogens is 302 g/mol. The molecule has 0 rings (SSSR count). The van der Waals surface area contributed by atoms with E-state index in [1.165, 1.54) is 44.9 Å². The van der Waals surface area contributed by atoms with Gasteiger partial charge in [-0.05, 0) is 12.8 Å². The zero-order valence-corrected chi connectivity index (χ0v) is 15.1. The highest BCUT2D eigenvalue weighted by Gasteiger charge is 2.03. The fourth-order valence-electron chi connectivity index (χ4n) is 2.19. The third-order valence-electron chi connectivity index (χ3n) is 3.45.